The Morgan fingerprint density at radius 3 is 3.00 bits per heavy atom. The third-order valence-electron chi connectivity index (χ3n) is 2.33. The van der Waals surface area contributed by atoms with Crippen LogP contribution in [0.1, 0.15) is 12.5 Å². The Labute approximate surface area is 110 Å². The summed E-state index contributed by atoms with van der Waals surface area (Å²) in [5.41, 5.74) is 1.10. The summed E-state index contributed by atoms with van der Waals surface area (Å²) in [6.07, 6.45) is 1.09. The Morgan fingerprint density at radius 2 is 2.33 bits per heavy atom. The highest BCUT2D eigenvalue weighted by atomic mass is 32.1. The predicted octanol–water partition coefficient (Wildman–Crippen LogP) is 2.86. The zero-order chi connectivity index (χ0) is 13.0. The zero-order valence-electron chi connectivity index (χ0n) is 10.2. The van der Waals surface area contributed by atoms with Crippen LogP contribution in [0.5, 0.6) is 5.75 Å². The molecule has 1 N–H and O–H groups in total. The van der Waals surface area contributed by atoms with Crippen LogP contribution in [0.15, 0.2) is 35.8 Å². The van der Waals surface area contributed by atoms with Gasteiger partial charge in [-0.1, -0.05) is 12.1 Å². The van der Waals surface area contributed by atoms with Crippen LogP contribution in [-0.4, -0.2) is 17.0 Å². The molecule has 0 spiro atoms. The van der Waals surface area contributed by atoms with Crippen molar-refractivity contribution in [2.24, 2.45) is 0 Å². The number of nitrogens with one attached hydrogen (secondary N) is 1. The van der Waals surface area contributed by atoms with Gasteiger partial charge in [0.1, 0.15) is 5.75 Å². The van der Waals surface area contributed by atoms with Crippen LogP contribution >= 0.6 is 11.3 Å². The molecule has 1 aromatic carbocycles. The summed E-state index contributed by atoms with van der Waals surface area (Å²) in [6, 6.07) is 7.61. The number of thiazole rings is 1. The molecule has 0 radical (unpaired) electrons. The van der Waals surface area contributed by atoms with Crippen LogP contribution in [0, 0.1) is 6.92 Å². The lowest BCUT2D eigenvalue weighted by Crippen LogP contribution is -2.30. The Hall–Kier alpha value is -1.88. The Morgan fingerprint density at radius 1 is 1.50 bits per heavy atom. The molecule has 94 valence electrons. The van der Waals surface area contributed by atoms with Crippen molar-refractivity contribution in [2.75, 3.05) is 5.32 Å². The quantitative estimate of drug-likeness (QED) is 0.921. The van der Waals surface area contributed by atoms with E-state index in [2.05, 4.69) is 10.3 Å². The molecule has 1 aromatic heterocycles. The first-order valence-electron chi connectivity index (χ1n) is 5.59. The van der Waals surface area contributed by atoms with Crippen molar-refractivity contribution >= 4 is 22.4 Å². The van der Waals surface area contributed by atoms with Gasteiger partial charge in [0.15, 0.2) is 11.2 Å². The molecule has 0 aliphatic rings. The van der Waals surface area contributed by atoms with E-state index < -0.39 is 6.10 Å². The number of aryl methyl sites for hydroxylation is 1. The van der Waals surface area contributed by atoms with E-state index in [1.165, 1.54) is 11.3 Å². The highest BCUT2D eigenvalue weighted by Gasteiger charge is 2.15. The van der Waals surface area contributed by atoms with Gasteiger partial charge < -0.3 is 4.74 Å². The minimum Gasteiger partial charge on any atom is -0.481 e. The van der Waals surface area contributed by atoms with E-state index in [4.69, 9.17) is 4.74 Å². The molecule has 0 aliphatic heterocycles. The van der Waals surface area contributed by atoms with Gasteiger partial charge in [-0.05, 0) is 31.5 Å². The monoisotopic (exact) mass is 262 g/mol. The molecular formula is C13H14N2O2S. The summed E-state index contributed by atoms with van der Waals surface area (Å²) in [6.45, 7) is 3.69. The maximum atomic E-state index is 11.8. The summed E-state index contributed by atoms with van der Waals surface area (Å²) in [4.78, 5) is 15.8. The predicted molar refractivity (Wildman–Crippen MR) is 72.0 cm³/mol. The smallest absolute Gasteiger partial charge is 0.266 e. The van der Waals surface area contributed by atoms with Crippen LogP contribution in [0.25, 0.3) is 0 Å². The van der Waals surface area contributed by atoms with Gasteiger partial charge >= 0.3 is 0 Å². The van der Waals surface area contributed by atoms with Crippen LogP contribution in [0.2, 0.25) is 0 Å². The molecule has 5 heteroatoms. The fourth-order valence-corrected chi connectivity index (χ4v) is 1.97. The van der Waals surface area contributed by atoms with Crippen molar-refractivity contribution in [2.45, 2.75) is 20.0 Å². The van der Waals surface area contributed by atoms with E-state index in [-0.39, 0.29) is 5.91 Å². The molecule has 1 amide bonds. The fraction of sp³-hybridized carbons (Fsp3) is 0.231. The molecule has 0 saturated carbocycles. The minimum atomic E-state index is -0.560. The van der Waals surface area contributed by atoms with Crippen molar-refractivity contribution in [1.29, 1.82) is 0 Å². The molecule has 0 fully saturated rings. The summed E-state index contributed by atoms with van der Waals surface area (Å²) >= 11 is 1.38. The van der Waals surface area contributed by atoms with Gasteiger partial charge in [-0.25, -0.2) is 4.98 Å². The van der Waals surface area contributed by atoms with Crippen molar-refractivity contribution in [3.63, 3.8) is 0 Å². The molecule has 18 heavy (non-hydrogen) atoms. The summed E-state index contributed by atoms with van der Waals surface area (Å²) in [5, 5.41) is 5.09. The van der Waals surface area contributed by atoms with Gasteiger partial charge in [-0.2, -0.15) is 0 Å². The molecule has 4 nitrogen and oxygen atoms in total. The zero-order valence-corrected chi connectivity index (χ0v) is 11.0. The molecule has 1 atom stereocenters. The van der Waals surface area contributed by atoms with E-state index in [0.29, 0.717) is 10.9 Å². The second kappa shape index (κ2) is 5.64. The number of anilines is 1. The molecule has 0 bridgehead atoms. The van der Waals surface area contributed by atoms with E-state index in [0.717, 1.165) is 5.56 Å². The largest absolute Gasteiger partial charge is 0.481 e. The van der Waals surface area contributed by atoms with E-state index in [1.807, 2.05) is 36.6 Å². The number of amides is 1. The lowest BCUT2D eigenvalue weighted by molar-refractivity contribution is -0.122. The molecule has 0 saturated heterocycles. The number of nitrogens with zero attached hydrogens (tertiary/aromatic N) is 1. The van der Waals surface area contributed by atoms with E-state index >= 15 is 0 Å². The standard InChI is InChI=1S/C13H14N2O2S/c1-9-4-3-5-11(8-9)17-10(2)12(16)15-13-14-6-7-18-13/h3-8,10H,1-2H3,(H,14,15,16)/t10-/m0/s1. The van der Waals surface area contributed by atoms with Crippen LogP contribution in [-0.2, 0) is 4.79 Å². The van der Waals surface area contributed by atoms with Gasteiger partial charge in [0.2, 0.25) is 0 Å². The normalized spacial score (nSPS) is 11.9. The number of hydrogen-bond acceptors (Lipinski definition) is 4. The minimum absolute atomic E-state index is 0.202. The maximum absolute atomic E-state index is 11.8. The Balaban J connectivity index is 1.95. The number of carbonyl (C=O) groups excluding carboxylic acids is 1. The summed E-state index contributed by atoms with van der Waals surface area (Å²) < 4.78 is 5.57. The van der Waals surface area contributed by atoms with Crippen LogP contribution in [0.4, 0.5) is 5.13 Å². The number of carbonyl (C=O) groups is 1. The first-order valence-corrected chi connectivity index (χ1v) is 6.47. The Bertz CT molecular complexity index is 526. The number of hydrogen-bond donors (Lipinski definition) is 1. The highest BCUT2D eigenvalue weighted by Crippen LogP contribution is 2.15. The SMILES string of the molecule is Cc1cccc(O[C@@H](C)C(=O)Nc2nccs2)c1. The summed E-state index contributed by atoms with van der Waals surface area (Å²) in [5.74, 6) is 0.489. The number of rotatable bonds is 4. The van der Waals surface area contributed by atoms with Crippen molar-refractivity contribution in [3.05, 3.63) is 41.4 Å². The number of benzene rings is 1. The Kier molecular flexibility index (Phi) is 3.94. The first kappa shape index (κ1) is 12.6. The summed E-state index contributed by atoms with van der Waals surface area (Å²) in [7, 11) is 0. The third-order valence-corrected chi connectivity index (χ3v) is 3.02. The van der Waals surface area contributed by atoms with Crippen molar-refractivity contribution in [1.82, 2.24) is 4.98 Å². The highest BCUT2D eigenvalue weighted by molar-refractivity contribution is 7.13. The second-order valence-electron chi connectivity index (χ2n) is 3.90. The van der Waals surface area contributed by atoms with Gasteiger partial charge in [-0.15, -0.1) is 11.3 Å². The van der Waals surface area contributed by atoms with Gasteiger partial charge in [0, 0.05) is 11.6 Å². The lowest BCUT2D eigenvalue weighted by Gasteiger charge is -2.13. The third kappa shape index (κ3) is 3.30. The molecular weight excluding hydrogens is 248 g/mol. The van der Waals surface area contributed by atoms with Gasteiger partial charge in [-0.3, -0.25) is 10.1 Å². The van der Waals surface area contributed by atoms with Crippen molar-refractivity contribution < 1.29 is 9.53 Å². The topological polar surface area (TPSA) is 51.2 Å². The van der Waals surface area contributed by atoms with Gasteiger partial charge in [0.25, 0.3) is 5.91 Å². The molecule has 0 unspecified atom stereocenters. The molecule has 0 aliphatic carbocycles. The van der Waals surface area contributed by atoms with Crippen LogP contribution < -0.4 is 10.1 Å². The average Bonchev–Trinajstić information content (AvgIpc) is 2.81. The molecule has 1 heterocycles. The second-order valence-corrected chi connectivity index (χ2v) is 4.80. The number of aromatic nitrogens is 1. The van der Waals surface area contributed by atoms with Gasteiger partial charge in [0.05, 0.1) is 0 Å². The number of ether oxygens (including phenoxy) is 1. The fourth-order valence-electron chi connectivity index (χ4n) is 1.44. The van der Waals surface area contributed by atoms with Crippen LogP contribution in [0.3, 0.4) is 0 Å². The average molecular weight is 262 g/mol. The lowest BCUT2D eigenvalue weighted by atomic mass is 10.2. The first-order chi connectivity index (χ1) is 8.65. The molecule has 2 rings (SSSR count). The van der Waals surface area contributed by atoms with E-state index in [1.54, 1.807) is 13.1 Å². The maximum Gasteiger partial charge on any atom is 0.266 e. The van der Waals surface area contributed by atoms with E-state index in [9.17, 15) is 4.79 Å². The van der Waals surface area contributed by atoms with Crippen molar-refractivity contribution in [3.8, 4) is 5.75 Å². The molecule has 2 aromatic rings.